The Morgan fingerprint density at radius 3 is 0.778 bits per heavy atom. The topological polar surface area (TPSA) is 133 Å². The molecule has 0 aromatic carbocycles. The third-order valence-electron chi connectivity index (χ3n) is 0. The summed E-state index contributed by atoms with van der Waals surface area (Å²) in [5.41, 5.74) is 0. The largest absolute Gasteiger partial charge is 0.503 e. The van der Waals surface area contributed by atoms with Gasteiger partial charge < -0.3 is 13.7 Å². The van der Waals surface area contributed by atoms with E-state index in [1.807, 2.05) is 0 Å². The smallest absolute Gasteiger partial charge is 0.396 e. The Labute approximate surface area is 109 Å². The summed E-state index contributed by atoms with van der Waals surface area (Å²) in [7, 11) is 0. The molecule has 2 N–H and O–H groups in total. The molecule has 9 heteroatoms. The SMILES string of the molecule is [Ba].[O-][I+2]([O-])O.[O-][I+2]([O-])O. The monoisotopic (exact) mass is 490 g/mol. The first kappa shape index (κ1) is 17.8. The van der Waals surface area contributed by atoms with Crippen LogP contribution in [0.1, 0.15) is 0 Å². The third-order valence-corrected chi connectivity index (χ3v) is 0. The molecule has 0 saturated heterocycles. The second kappa shape index (κ2) is 13.4. The van der Waals surface area contributed by atoms with Crippen molar-refractivity contribution in [2.75, 3.05) is 0 Å². The molecule has 0 fully saturated rings. The number of hydrogen-bond acceptors (Lipinski definition) is 6. The average molecular weight is 489 g/mol. The van der Waals surface area contributed by atoms with E-state index >= 15 is 0 Å². The average Bonchev–Trinajstić information content (AvgIpc) is 1.25. The fraction of sp³-hybridized carbons (Fsp3) is 0. The normalized spacial score (nSPS) is 8.00. The van der Waals surface area contributed by atoms with E-state index in [-0.39, 0.29) is 48.9 Å². The molecule has 2 radical (unpaired) electrons. The van der Waals surface area contributed by atoms with Gasteiger partial charge >= 0.3 is 42.1 Å². The molecule has 0 bridgehead atoms. The number of halogens is 2. The van der Waals surface area contributed by atoms with Crippen LogP contribution in [-0.4, -0.2) is 55.8 Å². The Bertz CT molecular complexity index is 26.5. The van der Waals surface area contributed by atoms with Gasteiger partial charge in [-0.2, -0.15) is 0 Å². The molecule has 0 aromatic heterocycles. The van der Waals surface area contributed by atoms with E-state index in [2.05, 4.69) is 0 Å². The summed E-state index contributed by atoms with van der Waals surface area (Å²) in [5.74, 6) is 0. The van der Waals surface area contributed by atoms with E-state index in [9.17, 15) is 0 Å². The molecule has 0 aromatic rings. The van der Waals surface area contributed by atoms with Crippen LogP contribution in [0.4, 0.5) is 0 Å². The maximum atomic E-state index is 8.68. The quantitative estimate of drug-likeness (QED) is 0.257. The molecule has 0 amide bonds. The Morgan fingerprint density at radius 2 is 0.778 bits per heavy atom. The van der Waals surface area contributed by atoms with Crippen molar-refractivity contribution in [3.8, 4) is 0 Å². The van der Waals surface area contributed by atoms with Gasteiger partial charge in [-0.15, -0.1) is 0 Å². The van der Waals surface area contributed by atoms with Gasteiger partial charge in [-0.3, -0.25) is 0 Å². The van der Waals surface area contributed by atoms with Crippen molar-refractivity contribution in [2.24, 2.45) is 0 Å². The van der Waals surface area contributed by atoms with Crippen molar-refractivity contribution < 1.29 is 62.7 Å². The van der Waals surface area contributed by atoms with Crippen LogP contribution in [0.2, 0.25) is 0 Å². The first-order valence-corrected chi connectivity index (χ1v) is 6.41. The predicted molar refractivity (Wildman–Crippen MR) is 10.2 cm³/mol. The first-order valence-electron chi connectivity index (χ1n) is 0.955. The van der Waals surface area contributed by atoms with Crippen molar-refractivity contribution >= 4 is 48.9 Å². The van der Waals surface area contributed by atoms with Crippen molar-refractivity contribution in [2.45, 2.75) is 0 Å². The molecule has 0 unspecified atom stereocenters. The molecule has 0 aliphatic carbocycles. The third kappa shape index (κ3) is 107. The maximum Gasteiger partial charge on any atom is 0.503 e. The van der Waals surface area contributed by atoms with E-state index in [4.69, 9.17) is 20.6 Å². The predicted octanol–water partition coefficient (Wildman–Crippen LogP) is -12.2. The Kier molecular flexibility index (Phi) is 26.4. The minimum absolute atomic E-state index is 0. The Morgan fingerprint density at radius 1 is 0.778 bits per heavy atom. The zero-order valence-corrected chi connectivity index (χ0v) is 12.7. The first-order chi connectivity index (χ1) is 3.46. The Balaban J connectivity index is -0.0000000720. The van der Waals surface area contributed by atoms with Crippen molar-refractivity contribution in [1.29, 1.82) is 0 Å². The van der Waals surface area contributed by atoms with Crippen molar-refractivity contribution in [1.82, 2.24) is 0 Å². The van der Waals surface area contributed by atoms with Gasteiger partial charge in [-0.1, -0.05) is 0 Å². The standard InChI is InChI=1S/Ba.2HIO3/c;2*2-1(3)4/h;2*2H. The zero-order chi connectivity index (χ0) is 7.15. The molecule has 0 atom stereocenters. The van der Waals surface area contributed by atoms with Crippen LogP contribution >= 0.6 is 0 Å². The van der Waals surface area contributed by atoms with E-state index in [1.54, 1.807) is 0 Å². The summed E-state index contributed by atoms with van der Waals surface area (Å²) in [6, 6.07) is 0. The van der Waals surface area contributed by atoms with Crippen LogP contribution in [0, 0.1) is 0 Å². The van der Waals surface area contributed by atoms with E-state index in [0.717, 1.165) is 0 Å². The molecule has 0 aliphatic heterocycles. The molecule has 6 nitrogen and oxygen atoms in total. The van der Waals surface area contributed by atoms with Gasteiger partial charge in [0.25, 0.3) is 0 Å². The second-order valence-corrected chi connectivity index (χ2v) is 2.70. The fourth-order valence-corrected chi connectivity index (χ4v) is 0. The zero-order valence-electron chi connectivity index (χ0n) is 3.99. The number of hydrogen-bond donors (Lipinski definition) is 2. The summed E-state index contributed by atoms with van der Waals surface area (Å²) in [6.07, 6.45) is 0. The second-order valence-electron chi connectivity index (χ2n) is 0.402. The van der Waals surface area contributed by atoms with Crippen LogP contribution < -0.4 is 55.9 Å². The molecule has 0 heterocycles. The van der Waals surface area contributed by atoms with Crippen LogP contribution in [0.5, 0.6) is 0 Å². The molecule has 0 saturated carbocycles. The van der Waals surface area contributed by atoms with Crippen LogP contribution in [0.3, 0.4) is 0 Å². The molecule has 54 valence electrons. The van der Waals surface area contributed by atoms with Crippen LogP contribution in [-0.2, 0) is 0 Å². The van der Waals surface area contributed by atoms with Crippen LogP contribution in [0.25, 0.3) is 0 Å². The van der Waals surface area contributed by atoms with Gasteiger partial charge in [0.05, 0.1) is 0 Å². The minimum Gasteiger partial charge on any atom is -0.396 e. The Hall–Kier alpha value is 2.79. The van der Waals surface area contributed by atoms with Crippen LogP contribution in [0.15, 0.2) is 0 Å². The molecular formula is H2BaI2O6. The summed E-state index contributed by atoms with van der Waals surface area (Å²) < 4.78 is 48.9. The molecule has 0 rings (SSSR count). The van der Waals surface area contributed by atoms with Gasteiger partial charge in [0.2, 0.25) is 0 Å². The number of rotatable bonds is 0. The summed E-state index contributed by atoms with van der Waals surface area (Å²) in [4.78, 5) is 0. The molecular weight excluding hydrogens is 487 g/mol. The van der Waals surface area contributed by atoms with E-state index < -0.39 is 42.1 Å². The molecule has 9 heavy (non-hydrogen) atoms. The summed E-state index contributed by atoms with van der Waals surface area (Å²) >= 11 is -7.53. The van der Waals surface area contributed by atoms with E-state index in [0.29, 0.717) is 0 Å². The summed E-state index contributed by atoms with van der Waals surface area (Å²) in [5, 5.41) is 0. The summed E-state index contributed by atoms with van der Waals surface area (Å²) in [6.45, 7) is 0. The van der Waals surface area contributed by atoms with E-state index in [1.165, 1.54) is 0 Å². The van der Waals surface area contributed by atoms with Gasteiger partial charge in [-0.25, -0.2) is 0 Å². The fourth-order valence-electron chi connectivity index (χ4n) is 0. The van der Waals surface area contributed by atoms with Crippen molar-refractivity contribution in [3.63, 3.8) is 0 Å². The van der Waals surface area contributed by atoms with Gasteiger partial charge in [0, 0.05) is 48.9 Å². The minimum atomic E-state index is -3.76. The van der Waals surface area contributed by atoms with Gasteiger partial charge in [0.15, 0.2) is 0 Å². The molecule has 0 spiro atoms. The molecule has 0 aliphatic rings. The maximum absolute atomic E-state index is 8.68. The van der Waals surface area contributed by atoms with Crippen molar-refractivity contribution in [3.05, 3.63) is 0 Å². The van der Waals surface area contributed by atoms with Gasteiger partial charge in [-0.05, 0) is 6.87 Å². The van der Waals surface area contributed by atoms with Gasteiger partial charge in [0.1, 0.15) is 0 Å².